The van der Waals surface area contributed by atoms with Crippen LogP contribution in [0.25, 0.3) is 0 Å². The Balaban J connectivity index is 2.60. The highest BCUT2D eigenvalue weighted by Crippen LogP contribution is 2.21. The molecule has 1 atom stereocenters. The first-order chi connectivity index (χ1) is 10.4. The summed E-state index contributed by atoms with van der Waals surface area (Å²) in [6, 6.07) is 7.08. The normalized spacial score (nSPS) is 12.2. The van der Waals surface area contributed by atoms with Crippen LogP contribution >= 0.6 is 11.8 Å². The number of nitrogens with one attached hydrogen (secondary N) is 1. The molecule has 0 aliphatic rings. The molecule has 1 unspecified atom stereocenters. The van der Waals surface area contributed by atoms with Crippen LogP contribution in [-0.2, 0) is 9.59 Å². The summed E-state index contributed by atoms with van der Waals surface area (Å²) in [5.74, 6) is 0.917. The molecule has 1 amide bonds. The van der Waals surface area contributed by atoms with Crippen LogP contribution in [0.15, 0.2) is 24.3 Å². The van der Waals surface area contributed by atoms with Crippen molar-refractivity contribution >= 4 is 23.6 Å². The van der Waals surface area contributed by atoms with Gasteiger partial charge in [-0.15, -0.1) is 0 Å². The van der Waals surface area contributed by atoms with Gasteiger partial charge in [0.1, 0.15) is 0 Å². The summed E-state index contributed by atoms with van der Waals surface area (Å²) in [4.78, 5) is 23.1. The summed E-state index contributed by atoms with van der Waals surface area (Å²) in [6.07, 6.45) is 0.974. The van der Waals surface area contributed by atoms with Crippen molar-refractivity contribution in [1.29, 1.82) is 0 Å². The number of hydrogen-bond donors (Lipinski definition) is 2. The van der Waals surface area contributed by atoms with E-state index >= 15 is 0 Å². The monoisotopic (exact) mass is 323 g/mol. The standard InChI is InChI=1S/C17H25NO3S/c1-12(2)8-9-22-11-16(19)18-15(10-17(20)21)14-7-5-4-6-13(14)3/h4-7,12,15H,8-11H2,1-3H3,(H,18,19)(H,20,21). The van der Waals surface area contributed by atoms with Crippen LogP contribution in [0.3, 0.4) is 0 Å². The van der Waals surface area contributed by atoms with E-state index in [1.165, 1.54) is 0 Å². The van der Waals surface area contributed by atoms with Gasteiger partial charge in [0.25, 0.3) is 0 Å². The number of carbonyl (C=O) groups excluding carboxylic acids is 1. The molecule has 0 bridgehead atoms. The molecule has 0 spiro atoms. The van der Waals surface area contributed by atoms with Gasteiger partial charge in [-0.2, -0.15) is 11.8 Å². The van der Waals surface area contributed by atoms with Crippen molar-refractivity contribution in [3.05, 3.63) is 35.4 Å². The lowest BCUT2D eigenvalue weighted by Gasteiger charge is -2.19. The predicted octanol–water partition coefficient (Wildman–Crippen LogP) is 3.41. The number of benzene rings is 1. The van der Waals surface area contributed by atoms with Gasteiger partial charge in [-0.1, -0.05) is 38.1 Å². The van der Waals surface area contributed by atoms with Gasteiger partial charge >= 0.3 is 5.97 Å². The molecule has 0 saturated carbocycles. The minimum absolute atomic E-state index is 0.104. The number of aliphatic carboxylic acids is 1. The lowest BCUT2D eigenvalue weighted by atomic mass is 9.99. The fraction of sp³-hybridized carbons (Fsp3) is 0.529. The zero-order valence-corrected chi connectivity index (χ0v) is 14.3. The van der Waals surface area contributed by atoms with E-state index in [0.29, 0.717) is 11.7 Å². The van der Waals surface area contributed by atoms with Crippen molar-refractivity contribution in [2.45, 2.75) is 39.7 Å². The molecule has 0 fully saturated rings. The summed E-state index contributed by atoms with van der Waals surface area (Å²) in [6.45, 7) is 6.23. The van der Waals surface area contributed by atoms with Crippen LogP contribution in [0.4, 0.5) is 0 Å². The fourth-order valence-corrected chi connectivity index (χ4v) is 3.16. The van der Waals surface area contributed by atoms with Crippen LogP contribution in [0, 0.1) is 12.8 Å². The third-order valence-electron chi connectivity index (χ3n) is 3.35. The lowest BCUT2D eigenvalue weighted by molar-refractivity contribution is -0.137. The van der Waals surface area contributed by atoms with E-state index in [1.54, 1.807) is 11.8 Å². The molecular weight excluding hydrogens is 298 g/mol. The van der Waals surface area contributed by atoms with Crippen molar-refractivity contribution < 1.29 is 14.7 Å². The maximum atomic E-state index is 12.0. The zero-order valence-electron chi connectivity index (χ0n) is 13.5. The van der Waals surface area contributed by atoms with Crippen LogP contribution < -0.4 is 5.32 Å². The maximum Gasteiger partial charge on any atom is 0.305 e. The van der Waals surface area contributed by atoms with Crippen LogP contribution in [-0.4, -0.2) is 28.5 Å². The lowest BCUT2D eigenvalue weighted by Crippen LogP contribution is -2.32. The number of carboxylic acid groups (broad SMARTS) is 1. The molecule has 1 rings (SSSR count). The summed E-state index contributed by atoms with van der Waals surface area (Å²) in [5.41, 5.74) is 1.85. The highest BCUT2D eigenvalue weighted by molar-refractivity contribution is 7.99. The van der Waals surface area contributed by atoms with E-state index in [0.717, 1.165) is 23.3 Å². The zero-order chi connectivity index (χ0) is 16.5. The predicted molar refractivity (Wildman–Crippen MR) is 91.1 cm³/mol. The van der Waals surface area contributed by atoms with Crippen molar-refractivity contribution in [3.63, 3.8) is 0 Å². The van der Waals surface area contributed by atoms with E-state index in [1.807, 2.05) is 31.2 Å². The van der Waals surface area contributed by atoms with Crippen molar-refractivity contribution in [2.75, 3.05) is 11.5 Å². The number of thioether (sulfide) groups is 1. The van der Waals surface area contributed by atoms with Gasteiger partial charge in [0, 0.05) is 0 Å². The third kappa shape index (κ3) is 6.98. The summed E-state index contributed by atoms with van der Waals surface area (Å²) in [5, 5.41) is 11.9. The van der Waals surface area contributed by atoms with Crippen LogP contribution in [0.1, 0.15) is 43.9 Å². The largest absolute Gasteiger partial charge is 0.481 e. The minimum Gasteiger partial charge on any atom is -0.481 e. The second kappa shape index (κ2) is 9.51. The third-order valence-corrected chi connectivity index (χ3v) is 4.34. The van der Waals surface area contributed by atoms with Crippen molar-refractivity contribution in [3.8, 4) is 0 Å². The topological polar surface area (TPSA) is 66.4 Å². The molecule has 0 aliphatic heterocycles. The molecule has 0 radical (unpaired) electrons. The molecule has 1 aromatic rings. The Bertz CT molecular complexity index is 502. The molecule has 122 valence electrons. The van der Waals surface area contributed by atoms with Gasteiger partial charge in [0.05, 0.1) is 18.2 Å². The van der Waals surface area contributed by atoms with E-state index in [9.17, 15) is 9.59 Å². The van der Waals surface area contributed by atoms with Crippen molar-refractivity contribution in [2.24, 2.45) is 5.92 Å². The van der Waals surface area contributed by atoms with Crippen molar-refractivity contribution in [1.82, 2.24) is 5.32 Å². The second-order valence-electron chi connectivity index (χ2n) is 5.81. The first kappa shape index (κ1) is 18.6. The van der Waals surface area contributed by atoms with Gasteiger partial charge in [-0.3, -0.25) is 9.59 Å². The SMILES string of the molecule is Cc1ccccc1C(CC(=O)O)NC(=O)CSCCC(C)C. The first-order valence-electron chi connectivity index (χ1n) is 7.54. The summed E-state index contributed by atoms with van der Waals surface area (Å²) < 4.78 is 0. The van der Waals surface area contributed by atoms with Gasteiger partial charge in [0.15, 0.2) is 0 Å². The average Bonchev–Trinajstić information content (AvgIpc) is 2.43. The van der Waals surface area contributed by atoms with Gasteiger partial charge in [0.2, 0.25) is 5.91 Å². The molecule has 2 N–H and O–H groups in total. The summed E-state index contributed by atoms with van der Waals surface area (Å²) >= 11 is 1.59. The highest BCUT2D eigenvalue weighted by atomic mass is 32.2. The Morgan fingerprint density at radius 1 is 1.27 bits per heavy atom. The molecule has 0 saturated heterocycles. The highest BCUT2D eigenvalue weighted by Gasteiger charge is 2.19. The van der Waals surface area contributed by atoms with Gasteiger partial charge < -0.3 is 10.4 Å². The average molecular weight is 323 g/mol. The molecule has 0 aromatic heterocycles. The second-order valence-corrected chi connectivity index (χ2v) is 6.91. The minimum atomic E-state index is -0.916. The number of aryl methyl sites for hydroxylation is 1. The smallest absolute Gasteiger partial charge is 0.305 e. The Hall–Kier alpha value is -1.49. The Labute approximate surface area is 136 Å². The number of rotatable bonds is 9. The molecule has 0 heterocycles. The summed E-state index contributed by atoms with van der Waals surface area (Å²) in [7, 11) is 0. The Kier molecular flexibility index (Phi) is 8.02. The van der Waals surface area contributed by atoms with Gasteiger partial charge in [-0.25, -0.2) is 0 Å². The number of carboxylic acids is 1. The molecule has 5 heteroatoms. The van der Waals surface area contributed by atoms with Crippen LogP contribution in [0.2, 0.25) is 0 Å². The van der Waals surface area contributed by atoms with E-state index < -0.39 is 12.0 Å². The number of amides is 1. The number of carbonyl (C=O) groups is 2. The Morgan fingerprint density at radius 2 is 1.95 bits per heavy atom. The fourth-order valence-electron chi connectivity index (χ4n) is 2.11. The molecule has 1 aromatic carbocycles. The van der Waals surface area contributed by atoms with E-state index in [2.05, 4.69) is 19.2 Å². The van der Waals surface area contributed by atoms with Crippen LogP contribution in [0.5, 0.6) is 0 Å². The number of hydrogen-bond acceptors (Lipinski definition) is 3. The molecule has 22 heavy (non-hydrogen) atoms. The first-order valence-corrected chi connectivity index (χ1v) is 8.70. The molecular formula is C17H25NO3S. The van der Waals surface area contributed by atoms with E-state index in [4.69, 9.17) is 5.11 Å². The van der Waals surface area contributed by atoms with Gasteiger partial charge in [-0.05, 0) is 36.1 Å². The quantitative estimate of drug-likeness (QED) is 0.684. The molecule has 4 nitrogen and oxygen atoms in total. The molecule has 0 aliphatic carbocycles. The van der Waals surface area contributed by atoms with E-state index in [-0.39, 0.29) is 12.3 Å². The Morgan fingerprint density at radius 3 is 2.55 bits per heavy atom. The maximum absolute atomic E-state index is 12.0.